The zero-order chi connectivity index (χ0) is 16.4. The second-order valence-electron chi connectivity index (χ2n) is 6.32. The molecule has 0 radical (unpaired) electrons. The van der Waals surface area contributed by atoms with Crippen molar-refractivity contribution in [1.82, 2.24) is 4.90 Å². The van der Waals surface area contributed by atoms with E-state index < -0.39 is 15.4 Å². The topological polar surface area (TPSA) is 63.7 Å². The Morgan fingerprint density at radius 3 is 2.59 bits per heavy atom. The first-order valence-corrected chi connectivity index (χ1v) is 9.07. The molecule has 1 atom stereocenters. The van der Waals surface area contributed by atoms with Crippen molar-refractivity contribution >= 4 is 15.7 Å². The van der Waals surface area contributed by atoms with E-state index in [1.165, 1.54) is 0 Å². The molecule has 5 nitrogen and oxygen atoms in total. The number of amides is 1. The van der Waals surface area contributed by atoms with Crippen LogP contribution in [0.5, 0.6) is 0 Å². The van der Waals surface area contributed by atoms with Gasteiger partial charge in [0.1, 0.15) is 0 Å². The number of morpholine rings is 1. The molecule has 0 saturated carbocycles. The number of nitrogens with zero attached hydrogens (tertiary/aromatic N) is 1. The molecule has 0 bridgehead atoms. The zero-order valence-corrected chi connectivity index (χ0v) is 14.1. The van der Waals surface area contributed by atoms with Crippen LogP contribution in [0.2, 0.25) is 0 Å². The molecule has 2 rings (SSSR count). The fourth-order valence-electron chi connectivity index (χ4n) is 2.52. The summed E-state index contributed by atoms with van der Waals surface area (Å²) in [4.78, 5) is 14.4. The molecule has 6 heteroatoms. The van der Waals surface area contributed by atoms with Gasteiger partial charge >= 0.3 is 0 Å². The van der Waals surface area contributed by atoms with Gasteiger partial charge in [0, 0.05) is 13.0 Å². The Balaban J connectivity index is 2.03. The van der Waals surface area contributed by atoms with Gasteiger partial charge in [-0.2, -0.15) is 0 Å². The largest absolute Gasteiger partial charge is 0.374 e. The van der Waals surface area contributed by atoms with Gasteiger partial charge in [0.2, 0.25) is 5.91 Å². The molecule has 122 valence electrons. The molecule has 1 aliphatic heterocycles. The molecule has 1 amide bonds. The summed E-state index contributed by atoms with van der Waals surface area (Å²) in [6.45, 7) is 6.74. The maximum Gasteiger partial charge on any atom is 0.224 e. The highest BCUT2D eigenvalue weighted by molar-refractivity contribution is 7.91. The Labute approximate surface area is 132 Å². The van der Waals surface area contributed by atoms with E-state index >= 15 is 0 Å². The van der Waals surface area contributed by atoms with Crippen LogP contribution in [0.3, 0.4) is 0 Å². The molecule has 1 aromatic carbocycles. The molecule has 0 N–H and O–H groups in total. The molecule has 1 aliphatic rings. The minimum Gasteiger partial charge on any atom is -0.374 e. The lowest BCUT2D eigenvalue weighted by molar-refractivity contribution is -0.152. The van der Waals surface area contributed by atoms with Crippen LogP contribution >= 0.6 is 0 Å². The van der Waals surface area contributed by atoms with Crippen LogP contribution in [-0.2, 0) is 19.4 Å². The normalized spacial score (nSPS) is 21.6. The van der Waals surface area contributed by atoms with Gasteiger partial charge in [-0.1, -0.05) is 18.2 Å². The number of carbonyl (C=O) groups is 1. The number of carbonyl (C=O) groups excluding carboxylic acids is 1. The molecule has 0 spiro atoms. The molecular weight excluding hydrogens is 302 g/mol. The highest BCUT2D eigenvalue weighted by Gasteiger charge is 2.36. The highest BCUT2D eigenvalue weighted by Crippen LogP contribution is 2.23. The molecule has 1 heterocycles. The van der Waals surface area contributed by atoms with Crippen LogP contribution in [0, 0.1) is 0 Å². The summed E-state index contributed by atoms with van der Waals surface area (Å²) in [7, 11) is -3.42. The number of hydrogen-bond acceptors (Lipinski definition) is 4. The standard InChI is InChI=1S/C16H23NO4S/c1-13-11-17(16(2,3)12-21-13)15(18)9-10-22(19,20)14-7-5-4-6-8-14/h4-8,13H,9-12H2,1-3H3. The van der Waals surface area contributed by atoms with E-state index in [-0.39, 0.29) is 29.1 Å². The minimum absolute atomic E-state index is 0.00657. The highest BCUT2D eigenvalue weighted by atomic mass is 32.2. The third kappa shape index (κ3) is 3.87. The van der Waals surface area contributed by atoms with Gasteiger partial charge in [-0.05, 0) is 32.9 Å². The van der Waals surface area contributed by atoms with Crippen molar-refractivity contribution < 1.29 is 17.9 Å². The van der Waals surface area contributed by atoms with E-state index in [1.54, 1.807) is 35.2 Å². The third-order valence-corrected chi connectivity index (χ3v) is 5.61. The first-order chi connectivity index (χ1) is 10.2. The quantitative estimate of drug-likeness (QED) is 0.848. The third-order valence-electron chi connectivity index (χ3n) is 3.88. The Bertz CT molecular complexity index is 625. The summed E-state index contributed by atoms with van der Waals surface area (Å²) in [5.41, 5.74) is -0.403. The molecule has 1 aromatic rings. The minimum atomic E-state index is -3.42. The average molecular weight is 325 g/mol. The summed E-state index contributed by atoms with van der Waals surface area (Å²) < 4.78 is 30.1. The number of benzene rings is 1. The molecular formula is C16H23NO4S. The summed E-state index contributed by atoms with van der Waals surface area (Å²) in [5, 5.41) is 0. The molecule has 1 saturated heterocycles. The Hall–Kier alpha value is -1.40. The van der Waals surface area contributed by atoms with Crippen molar-refractivity contribution in [3.8, 4) is 0 Å². The van der Waals surface area contributed by atoms with Gasteiger partial charge in [-0.15, -0.1) is 0 Å². The van der Waals surface area contributed by atoms with E-state index in [4.69, 9.17) is 4.74 Å². The van der Waals surface area contributed by atoms with Crippen LogP contribution in [0.4, 0.5) is 0 Å². The van der Waals surface area contributed by atoms with Crippen LogP contribution in [0.1, 0.15) is 27.2 Å². The average Bonchev–Trinajstić information content (AvgIpc) is 2.48. The summed E-state index contributed by atoms with van der Waals surface area (Å²) in [6, 6.07) is 8.24. The monoisotopic (exact) mass is 325 g/mol. The van der Waals surface area contributed by atoms with Gasteiger partial charge in [0.05, 0.1) is 28.9 Å². The fourth-order valence-corrected chi connectivity index (χ4v) is 3.77. The van der Waals surface area contributed by atoms with Crippen molar-refractivity contribution in [1.29, 1.82) is 0 Å². The van der Waals surface area contributed by atoms with Gasteiger partial charge in [0.25, 0.3) is 0 Å². The molecule has 1 unspecified atom stereocenters. The van der Waals surface area contributed by atoms with Gasteiger partial charge in [0.15, 0.2) is 9.84 Å². The van der Waals surface area contributed by atoms with E-state index in [1.807, 2.05) is 20.8 Å². The number of ether oxygens (including phenoxy) is 1. The first kappa shape index (κ1) is 17.0. The lowest BCUT2D eigenvalue weighted by atomic mass is 10.0. The van der Waals surface area contributed by atoms with Crippen molar-refractivity contribution in [2.45, 2.75) is 43.7 Å². The van der Waals surface area contributed by atoms with E-state index in [2.05, 4.69) is 0 Å². The summed E-state index contributed by atoms with van der Waals surface area (Å²) >= 11 is 0. The first-order valence-electron chi connectivity index (χ1n) is 7.42. The maximum atomic E-state index is 12.4. The Morgan fingerprint density at radius 1 is 1.32 bits per heavy atom. The predicted molar refractivity (Wildman–Crippen MR) is 84.3 cm³/mol. The summed E-state index contributed by atoms with van der Waals surface area (Å²) in [6.07, 6.45) is -0.0318. The predicted octanol–water partition coefficient (Wildman–Crippen LogP) is 1.88. The number of sulfone groups is 1. The SMILES string of the molecule is CC1CN(C(=O)CCS(=O)(=O)c2ccccc2)C(C)(C)CO1. The second-order valence-corrected chi connectivity index (χ2v) is 8.43. The van der Waals surface area contributed by atoms with Crippen LogP contribution in [0.15, 0.2) is 35.2 Å². The van der Waals surface area contributed by atoms with E-state index in [0.29, 0.717) is 13.2 Å². The van der Waals surface area contributed by atoms with Crippen LogP contribution in [-0.4, -0.2) is 49.8 Å². The summed E-state index contributed by atoms with van der Waals surface area (Å²) in [5.74, 6) is -0.308. The maximum absolute atomic E-state index is 12.4. The molecule has 0 aliphatic carbocycles. The Morgan fingerprint density at radius 2 is 1.95 bits per heavy atom. The molecule has 1 fully saturated rings. The van der Waals surface area contributed by atoms with Crippen molar-refractivity contribution in [3.63, 3.8) is 0 Å². The number of rotatable bonds is 4. The lowest BCUT2D eigenvalue weighted by Gasteiger charge is -2.44. The van der Waals surface area contributed by atoms with Crippen LogP contribution < -0.4 is 0 Å². The lowest BCUT2D eigenvalue weighted by Crippen LogP contribution is -2.58. The Kier molecular flexibility index (Phi) is 4.92. The zero-order valence-electron chi connectivity index (χ0n) is 13.3. The van der Waals surface area contributed by atoms with Gasteiger partial charge in [-0.25, -0.2) is 8.42 Å². The van der Waals surface area contributed by atoms with E-state index in [0.717, 1.165) is 0 Å². The van der Waals surface area contributed by atoms with Crippen LogP contribution in [0.25, 0.3) is 0 Å². The van der Waals surface area contributed by atoms with Crippen molar-refractivity contribution in [2.24, 2.45) is 0 Å². The van der Waals surface area contributed by atoms with Gasteiger partial charge < -0.3 is 9.64 Å². The fraction of sp³-hybridized carbons (Fsp3) is 0.562. The van der Waals surface area contributed by atoms with Gasteiger partial charge in [-0.3, -0.25) is 4.79 Å². The molecule has 0 aromatic heterocycles. The van der Waals surface area contributed by atoms with Crippen molar-refractivity contribution in [3.05, 3.63) is 30.3 Å². The smallest absolute Gasteiger partial charge is 0.224 e. The molecule has 22 heavy (non-hydrogen) atoms. The second kappa shape index (κ2) is 6.38. The number of hydrogen-bond donors (Lipinski definition) is 0. The van der Waals surface area contributed by atoms with E-state index in [9.17, 15) is 13.2 Å². The van der Waals surface area contributed by atoms with Crippen molar-refractivity contribution in [2.75, 3.05) is 18.9 Å².